The summed E-state index contributed by atoms with van der Waals surface area (Å²) < 4.78 is 66.4. The molecule has 6 rings (SSSR count). The molecule has 7 nitrogen and oxygen atoms in total. The Bertz CT molecular complexity index is 1720. The van der Waals surface area contributed by atoms with Crippen LogP contribution in [0, 0.1) is 17.6 Å². The van der Waals surface area contributed by atoms with Gasteiger partial charge in [-0.05, 0) is 40.5 Å². The number of hydrogen-bond acceptors (Lipinski definition) is 7. The summed E-state index contributed by atoms with van der Waals surface area (Å²) in [4.78, 5) is 13.5. The molecular weight excluding hydrogens is 630 g/mol. The number of fused-ring (bicyclic) bond motifs is 2. The molecule has 0 unspecified atom stereocenters. The van der Waals surface area contributed by atoms with Gasteiger partial charge in [-0.1, -0.05) is 91.3 Å². The van der Waals surface area contributed by atoms with Crippen molar-refractivity contribution in [2.75, 3.05) is 20.8 Å². The summed E-state index contributed by atoms with van der Waals surface area (Å²) in [6, 6.07) is 27.2. The summed E-state index contributed by atoms with van der Waals surface area (Å²) in [7, 11) is 2.57. The SMILES string of the molecule is COC(=O)[C@@]12CO[C@@](c3ccc(Cl)c(Cc4ccc(OC)c(F)c4F)c3)(O1)[C@H](OCc1ccccc1)[C@@H](OCc1ccccc1)[C@@H]2C. The monoisotopic (exact) mass is 664 g/mol. The van der Waals surface area contributed by atoms with Crippen LogP contribution < -0.4 is 4.74 Å². The first-order valence-corrected chi connectivity index (χ1v) is 15.6. The molecule has 2 fully saturated rings. The summed E-state index contributed by atoms with van der Waals surface area (Å²) in [5.41, 5.74) is 1.35. The lowest BCUT2D eigenvalue weighted by Gasteiger charge is -2.49. The van der Waals surface area contributed by atoms with Crippen LogP contribution in [0.5, 0.6) is 5.75 Å². The van der Waals surface area contributed by atoms with Gasteiger partial charge in [0.1, 0.15) is 6.10 Å². The number of methoxy groups -OCH3 is 2. The molecule has 0 N–H and O–H groups in total. The Morgan fingerprint density at radius 3 is 2.17 bits per heavy atom. The van der Waals surface area contributed by atoms with E-state index in [2.05, 4.69) is 0 Å². The van der Waals surface area contributed by atoms with Crippen LogP contribution >= 0.6 is 11.6 Å². The fourth-order valence-corrected chi connectivity index (χ4v) is 6.56. The number of esters is 1. The van der Waals surface area contributed by atoms with Gasteiger partial charge in [-0.25, -0.2) is 9.18 Å². The van der Waals surface area contributed by atoms with Crippen molar-refractivity contribution in [3.63, 3.8) is 0 Å². The molecule has 0 spiro atoms. The van der Waals surface area contributed by atoms with E-state index in [4.69, 9.17) is 40.0 Å². The Balaban J connectivity index is 1.43. The maximum atomic E-state index is 15.1. The molecular formula is C37H35ClF2O7. The van der Waals surface area contributed by atoms with Crippen LogP contribution in [0.2, 0.25) is 5.02 Å². The Labute approximate surface area is 277 Å². The van der Waals surface area contributed by atoms with Gasteiger partial charge in [0.25, 0.3) is 0 Å². The zero-order chi connectivity index (χ0) is 33.2. The van der Waals surface area contributed by atoms with Gasteiger partial charge in [-0.2, -0.15) is 4.39 Å². The van der Waals surface area contributed by atoms with Crippen molar-refractivity contribution in [1.29, 1.82) is 0 Å². The molecule has 2 aliphatic heterocycles. The molecule has 0 amide bonds. The van der Waals surface area contributed by atoms with Crippen LogP contribution in [-0.2, 0) is 53.9 Å². The number of rotatable bonds is 11. The van der Waals surface area contributed by atoms with Crippen molar-refractivity contribution in [2.45, 2.75) is 50.2 Å². The second kappa shape index (κ2) is 13.7. The fourth-order valence-electron chi connectivity index (χ4n) is 6.38. The highest BCUT2D eigenvalue weighted by Crippen LogP contribution is 2.55. The molecule has 10 heteroatoms. The molecule has 2 bridgehead atoms. The Kier molecular flexibility index (Phi) is 9.64. The lowest BCUT2D eigenvalue weighted by atomic mass is 9.77. The van der Waals surface area contributed by atoms with Crippen LogP contribution in [0.3, 0.4) is 0 Å². The minimum absolute atomic E-state index is 0.0441. The molecule has 4 aromatic carbocycles. The highest BCUT2D eigenvalue weighted by Gasteiger charge is 2.71. The standard InChI is InChI=1S/C37H35ClF2O7/c1-23-33(44-20-24-10-6-4-7-11-24)34(45-21-25-12-8-5-9-13-25)37(46-22-36(23,47-37)35(41)43-3)28-15-16-29(38)27(19-28)18-26-14-17-30(42-2)32(40)31(26)39/h4-17,19,23,33-34H,18,20-22H2,1-3H3/t23-,33-,34+,36-,37-/m0/s1. The first kappa shape index (κ1) is 33.1. The summed E-state index contributed by atoms with van der Waals surface area (Å²) in [6.07, 6.45) is -1.63. The summed E-state index contributed by atoms with van der Waals surface area (Å²) in [5.74, 6) is -5.14. The van der Waals surface area contributed by atoms with Crippen molar-refractivity contribution in [2.24, 2.45) is 5.92 Å². The van der Waals surface area contributed by atoms with Gasteiger partial charge in [0.15, 0.2) is 17.2 Å². The zero-order valence-corrected chi connectivity index (χ0v) is 27.0. The number of carbonyl (C=O) groups is 1. The maximum Gasteiger partial charge on any atom is 0.341 e. The van der Waals surface area contributed by atoms with Gasteiger partial charge >= 0.3 is 5.97 Å². The Hall–Kier alpha value is -3.86. The number of halogens is 3. The number of carbonyl (C=O) groups excluding carboxylic acids is 1. The van der Waals surface area contributed by atoms with E-state index in [1.807, 2.05) is 67.6 Å². The first-order chi connectivity index (χ1) is 22.7. The van der Waals surface area contributed by atoms with Crippen LogP contribution in [0.15, 0.2) is 91.0 Å². The van der Waals surface area contributed by atoms with E-state index < -0.39 is 47.1 Å². The molecule has 0 aliphatic carbocycles. The largest absolute Gasteiger partial charge is 0.494 e. The minimum atomic E-state index is -1.65. The third-order valence-electron chi connectivity index (χ3n) is 9.00. The lowest BCUT2D eigenvalue weighted by Crippen LogP contribution is -2.64. The van der Waals surface area contributed by atoms with Gasteiger partial charge < -0.3 is 28.4 Å². The Morgan fingerprint density at radius 1 is 0.872 bits per heavy atom. The molecule has 4 aromatic rings. The summed E-state index contributed by atoms with van der Waals surface area (Å²) >= 11 is 6.63. The van der Waals surface area contributed by atoms with Gasteiger partial charge in [-0.3, -0.25) is 0 Å². The minimum Gasteiger partial charge on any atom is -0.494 e. The van der Waals surface area contributed by atoms with Crippen LogP contribution in [0.1, 0.15) is 34.7 Å². The molecule has 5 atom stereocenters. The smallest absolute Gasteiger partial charge is 0.341 e. The normalized spacial score (nSPS) is 25.0. The van der Waals surface area contributed by atoms with Crippen LogP contribution in [0.25, 0.3) is 0 Å². The van der Waals surface area contributed by atoms with E-state index in [-0.39, 0.29) is 37.6 Å². The number of hydrogen-bond donors (Lipinski definition) is 0. The molecule has 47 heavy (non-hydrogen) atoms. The van der Waals surface area contributed by atoms with E-state index in [0.717, 1.165) is 11.1 Å². The molecule has 0 saturated carbocycles. The van der Waals surface area contributed by atoms with Crippen molar-refractivity contribution < 1.29 is 42.0 Å². The second-order valence-corrected chi connectivity index (χ2v) is 12.2. The maximum absolute atomic E-state index is 15.1. The van der Waals surface area contributed by atoms with Gasteiger partial charge in [0.05, 0.1) is 40.1 Å². The molecule has 0 aromatic heterocycles. The van der Waals surface area contributed by atoms with E-state index in [9.17, 15) is 9.18 Å². The molecule has 0 radical (unpaired) electrons. The average molecular weight is 665 g/mol. The topological polar surface area (TPSA) is 72.5 Å². The third-order valence-corrected chi connectivity index (χ3v) is 9.37. The van der Waals surface area contributed by atoms with Crippen molar-refractivity contribution in [3.05, 3.63) is 135 Å². The zero-order valence-electron chi connectivity index (χ0n) is 26.2. The lowest BCUT2D eigenvalue weighted by molar-refractivity contribution is -0.330. The fraction of sp³-hybridized carbons (Fsp3) is 0.324. The van der Waals surface area contributed by atoms with E-state index in [1.165, 1.54) is 26.4 Å². The van der Waals surface area contributed by atoms with Crippen LogP contribution in [-0.4, -0.2) is 44.6 Å². The van der Waals surface area contributed by atoms with Crippen molar-refractivity contribution >= 4 is 17.6 Å². The number of benzene rings is 4. The van der Waals surface area contributed by atoms with Crippen molar-refractivity contribution in [1.82, 2.24) is 0 Å². The van der Waals surface area contributed by atoms with Gasteiger partial charge in [-0.15, -0.1) is 0 Å². The van der Waals surface area contributed by atoms with E-state index in [1.54, 1.807) is 18.2 Å². The van der Waals surface area contributed by atoms with E-state index >= 15 is 4.39 Å². The highest BCUT2D eigenvalue weighted by atomic mass is 35.5. The Morgan fingerprint density at radius 2 is 1.53 bits per heavy atom. The first-order valence-electron chi connectivity index (χ1n) is 15.3. The summed E-state index contributed by atoms with van der Waals surface area (Å²) in [6.45, 7) is 2.16. The predicted octanol–water partition coefficient (Wildman–Crippen LogP) is 7.15. The molecule has 2 aliphatic rings. The third kappa shape index (κ3) is 6.14. The predicted molar refractivity (Wildman–Crippen MR) is 170 cm³/mol. The van der Waals surface area contributed by atoms with Gasteiger partial charge in [0, 0.05) is 22.9 Å². The molecule has 2 heterocycles. The molecule has 2 saturated heterocycles. The van der Waals surface area contributed by atoms with E-state index in [0.29, 0.717) is 16.1 Å². The molecule has 246 valence electrons. The van der Waals surface area contributed by atoms with Crippen molar-refractivity contribution in [3.8, 4) is 5.75 Å². The summed E-state index contributed by atoms with van der Waals surface area (Å²) in [5, 5.41) is 0.320. The second-order valence-electron chi connectivity index (χ2n) is 11.7. The van der Waals surface area contributed by atoms with Gasteiger partial charge in [0.2, 0.25) is 11.6 Å². The number of ether oxygens (including phenoxy) is 6. The highest BCUT2D eigenvalue weighted by molar-refractivity contribution is 6.31. The quantitative estimate of drug-likeness (QED) is 0.158. The van der Waals surface area contributed by atoms with Crippen LogP contribution in [0.4, 0.5) is 8.78 Å². The average Bonchev–Trinajstić information content (AvgIpc) is 3.48.